The Morgan fingerprint density at radius 2 is 1.86 bits per heavy atom. The molecule has 0 radical (unpaired) electrons. The fraction of sp³-hybridized carbons (Fsp3) is 0.200. The topological polar surface area (TPSA) is 59.4 Å². The predicted octanol–water partition coefficient (Wildman–Crippen LogP) is 3.66. The van der Waals surface area contributed by atoms with Gasteiger partial charge in [-0.15, -0.1) is 13.2 Å². The highest BCUT2D eigenvalue weighted by atomic mass is 19.4. The highest BCUT2D eigenvalue weighted by Gasteiger charge is 2.30. The minimum atomic E-state index is -4.73. The zero-order valence-corrected chi connectivity index (χ0v) is 11.3. The SMILES string of the molecule is O=C(O)CCc1ccnc(-c2ccc(OC(F)(F)F)cc2)c1. The number of hydrogen-bond donors (Lipinski definition) is 1. The lowest BCUT2D eigenvalue weighted by atomic mass is 10.1. The van der Waals surface area contributed by atoms with Gasteiger partial charge in [-0.3, -0.25) is 9.78 Å². The molecule has 0 aliphatic carbocycles. The third-order valence-electron chi connectivity index (χ3n) is 2.84. The van der Waals surface area contributed by atoms with Gasteiger partial charge in [0.05, 0.1) is 5.69 Å². The molecule has 4 nitrogen and oxygen atoms in total. The van der Waals surface area contributed by atoms with Gasteiger partial charge < -0.3 is 9.84 Å². The lowest BCUT2D eigenvalue weighted by Gasteiger charge is -2.09. The van der Waals surface area contributed by atoms with E-state index in [0.29, 0.717) is 17.7 Å². The van der Waals surface area contributed by atoms with Gasteiger partial charge in [-0.05, 0) is 48.4 Å². The Bertz CT molecular complexity index is 654. The summed E-state index contributed by atoms with van der Waals surface area (Å²) in [6, 6.07) is 8.74. The van der Waals surface area contributed by atoms with Gasteiger partial charge in [0.2, 0.25) is 0 Å². The Hall–Kier alpha value is -2.57. The van der Waals surface area contributed by atoms with Crippen LogP contribution in [-0.2, 0) is 11.2 Å². The lowest BCUT2D eigenvalue weighted by Crippen LogP contribution is -2.16. The number of aromatic nitrogens is 1. The van der Waals surface area contributed by atoms with Crippen molar-refractivity contribution < 1.29 is 27.8 Å². The molecule has 0 unspecified atom stereocenters. The van der Waals surface area contributed by atoms with Crippen molar-refractivity contribution in [3.63, 3.8) is 0 Å². The molecule has 0 saturated carbocycles. The number of aryl methyl sites for hydroxylation is 1. The molecule has 0 spiro atoms. The summed E-state index contributed by atoms with van der Waals surface area (Å²) in [5.74, 6) is -1.20. The smallest absolute Gasteiger partial charge is 0.481 e. The number of aliphatic carboxylic acids is 1. The van der Waals surface area contributed by atoms with Crippen molar-refractivity contribution in [3.05, 3.63) is 48.2 Å². The second kappa shape index (κ2) is 6.46. The molecule has 0 saturated heterocycles. The van der Waals surface area contributed by atoms with Crippen LogP contribution in [0.15, 0.2) is 42.6 Å². The van der Waals surface area contributed by atoms with Crippen LogP contribution in [0, 0.1) is 0 Å². The summed E-state index contributed by atoms with van der Waals surface area (Å²) in [5, 5.41) is 8.66. The van der Waals surface area contributed by atoms with E-state index in [9.17, 15) is 18.0 Å². The van der Waals surface area contributed by atoms with Crippen LogP contribution in [0.1, 0.15) is 12.0 Å². The van der Waals surface area contributed by atoms with Crippen LogP contribution >= 0.6 is 0 Å². The number of alkyl halides is 3. The molecule has 116 valence electrons. The van der Waals surface area contributed by atoms with Gasteiger partial charge >= 0.3 is 12.3 Å². The number of carboxylic acids is 1. The van der Waals surface area contributed by atoms with E-state index in [4.69, 9.17) is 5.11 Å². The Morgan fingerprint density at radius 3 is 2.45 bits per heavy atom. The number of benzene rings is 1. The number of carbonyl (C=O) groups is 1. The largest absolute Gasteiger partial charge is 0.573 e. The molecule has 0 bridgehead atoms. The van der Waals surface area contributed by atoms with Crippen LogP contribution in [-0.4, -0.2) is 22.4 Å². The molecule has 0 amide bonds. The van der Waals surface area contributed by atoms with E-state index in [1.165, 1.54) is 30.5 Å². The van der Waals surface area contributed by atoms with Crippen LogP contribution in [0.2, 0.25) is 0 Å². The molecular weight excluding hydrogens is 299 g/mol. The average molecular weight is 311 g/mol. The molecule has 0 aliphatic rings. The van der Waals surface area contributed by atoms with E-state index in [-0.39, 0.29) is 12.2 Å². The predicted molar refractivity (Wildman–Crippen MR) is 72.3 cm³/mol. The summed E-state index contributed by atoms with van der Waals surface area (Å²) >= 11 is 0. The van der Waals surface area contributed by atoms with Gasteiger partial charge in [-0.2, -0.15) is 0 Å². The van der Waals surface area contributed by atoms with E-state index in [1.54, 1.807) is 12.1 Å². The summed E-state index contributed by atoms with van der Waals surface area (Å²) in [4.78, 5) is 14.7. The highest BCUT2D eigenvalue weighted by Crippen LogP contribution is 2.26. The normalized spacial score (nSPS) is 11.2. The zero-order valence-electron chi connectivity index (χ0n) is 11.3. The number of rotatable bonds is 5. The molecule has 1 aromatic heterocycles. The lowest BCUT2D eigenvalue weighted by molar-refractivity contribution is -0.274. The Labute approximate surface area is 124 Å². The summed E-state index contributed by atoms with van der Waals surface area (Å²) in [7, 11) is 0. The third kappa shape index (κ3) is 4.76. The van der Waals surface area contributed by atoms with Crippen molar-refractivity contribution in [3.8, 4) is 17.0 Å². The standard InChI is InChI=1S/C15H12F3NO3/c16-15(17,18)22-12-4-2-11(3-5-12)13-9-10(7-8-19-13)1-6-14(20)21/h2-5,7-9H,1,6H2,(H,20,21). The maximum Gasteiger partial charge on any atom is 0.573 e. The van der Waals surface area contributed by atoms with Gasteiger partial charge in [-0.1, -0.05) is 0 Å². The number of hydrogen-bond acceptors (Lipinski definition) is 3. The van der Waals surface area contributed by atoms with Crippen LogP contribution in [0.5, 0.6) is 5.75 Å². The van der Waals surface area contributed by atoms with Crippen molar-refractivity contribution in [2.45, 2.75) is 19.2 Å². The molecule has 0 atom stereocenters. The molecule has 1 N–H and O–H groups in total. The Kier molecular flexibility index (Phi) is 4.65. The van der Waals surface area contributed by atoms with Gasteiger partial charge in [0.25, 0.3) is 0 Å². The first kappa shape index (κ1) is 15.8. The van der Waals surface area contributed by atoms with Crippen LogP contribution in [0.3, 0.4) is 0 Å². The molecule has 1 aromatic carbocycles. The van der Waals surface area contributed by atoms with Crippen molar-refractivity contribution >= 4 is 5.97 Å². The van der Waals surface area contributed by atoms with E-state index < -0.39 is 12.3 Å². The Balaban J connectivity index is 2.14. The molecule has 1 heterocycles. The van der Waals surface area contributed by atoms with Gasteiger partial charge in [0, 0.05) is 18.2 Å². The third-order valence-corrected chi connectivity index (χ3v) is 2.84. The molecule has 2 rings (SSSR count). The number of nitrogens with zero attached hydrogens (tertiary/aromatic N) is 1. The number of carboxylic acid groups (broad SMARTS) is 1. The van der Waals surface area contributed by atoms with Crippen molar-refractivity contribution in [1.82, 2.24) is 4.98 Å². The van der Waals surface area contributed by atoms with Gasteiger partial charge in [0.15, 0.2) is 0 Å². The van der Waals surface area contributed by atoms with Crippen LogP contribution in [0.4, 0.5) is 13.2 Å². The molecular formula is C15H12F3NO3. The molecule has 7 heteroatoms. The maximum atomic E-state index is 12.1. The first-order chi connectivity index (χ1) is 10.3. The number of halogens is 3. The minimum Gasteiger partial charge on any atom is -0.481 e. The van der Waals surface area contributed by atoms with Gasteiger partial charge in [0.1, 0.15) is 5.75 Å². The van der Waals surface area contributed by atoms with E-state index in [2.05, 4.69) is 9.72 Å². The molecule has 22 heavy (non-hydrogen) atoms. The highest BCUT2D eigenvalue weighted by molar-refractivity contribution is 5.67. The second-order valence-electron chi connectivity index (χ2n) is 4.52. The van der Waals surface area contributed by atoms with Crippen molar-refractivity contribution in [1.29, 1.82) is 0 Å². The first-order valence-electron chi connectivity index (χ1n) is 6.36. The molecule has 0 fully saturated rings. The van der Waals surface area contributed by atoms with Crippen LogP contribution in [0.25, 0.3) is 11.3 Å². The molecule has 2 aromatic rings. The maximum absolute atomic E-state index is 12.1. The van der Waals surface area contributed by atoms with E-state index in [1.807, 2.05) is 0 Å². The summed E-state index contributed by atoms with van der Waals surface area (Å²) in [6.07, 6.45) is -2.83. The van der Waals surface area contributed by atoms with Crippen molar-refractivity contribution in [2.24, 2.45) is 0 Å². The molecule has 0 aliphatic heterocycles. The fourth-order valence-corrected chi connectivity index (χ4v) is 1.87. The Morgan fingerprint density at radius 1 is 1.18 bits per heavy atom. The monoisotopic (exact) mass is 311 g/mol. The van der Waals surface area contributed by atoms with Crippen LogP contribution < -0.4 is 4.74 Å². The van der Waals surface area contributed by atoms with Gasteiger partial charge in [-0.25, -0.2) is 0 Å². The quantitative estimate of drug-likeness (QED) is 0.915. The minimum absolute atomic E-state index is 0.00180. The first-order valence-corrected chi connectivity index (χ1v) is 6.36. The summed E-state index contributed by atoms with van der Waals surface area (Å²) < 4.78 is 40.1. The zero-order chi connectivity index (χ0) is 16.2. The fourth-order valence-electron chi connectivity index (χ4n) is 1.87. The van der Waals surface area contributed by atoms with Crippen molar-refractivity contribution in [2.75, 3.05) is 0 Å². The summed E-state index contributed by atoms with van der Waals surface area (Å²) in [5.41, 5.74) is 1.97. The van der Waals surface area contributed by atoms with E-state index >= 15 is 0 Å². The average Bonchev–Trinajstić information content (AvgIpc) is 2.44. The van der Waals surface area contributed by atoms with E-state index in [0.717, 1.165) is 5.56 Å². The number of ether oxygens (including phenoxy) is 1. The summed E-state index contributed by atoms with van der Waals surface area (Å²) in [6.45, 7) is 0. The number of pyridine rings is 1. The second-order valence-corrected chi connectivity index (χ2v) is 4.52.